The maximum absolute atomic E-state index is 12.4. The van der Waals surface area contributed by atoms with Gasteiger partial charge in [-0.2, -0.15) is 0 Å². The van der Waals surface area contributed by atoms with Crippen molar-refractivity contribution >= 4 is 22.6 Å². The van der Waals surface area contributed by atoms with E-state index in [0.717, 1.165) is 12.1 Å². The van der Waals surface area contributed by atoms with E-state index in [1.54, 1.807) is 6.92 Å². The van der Waals surface area contributed by atoms with Gasteiger partial charge in [0.05, 0.1) is 10.4 Å². The third-order valence-corrected chi connectivity index (χ3v) is 2.33. The molecule has 0 fully saturated rings. The lowest BCUT2D eigenvalue weighted by molar-refractivity contribution is -0.383. The molecule has 2 rings (SSSR count). The molecule has 94 valence electrons. The highest BCUT2D eigenvalue weighted by Gasteiger charge is 2.20. The number of hydrogen-bond acceptors (Lipinski definition) is 4. The van der Waals surface area contributed by atoms with Gasteiger partial charge in [-0.3, -0.25) is 14.9 Å². The molecule has 0 bridgehead atoms. The minimum atomic E-state index is -3.24. The molecule has 0 saturated heterocycles. The van der Waals surface area contributed by atoms with E-state index in [1.807, 2.05) is 0 Å². The number of benzene rings is 1. The Hall–Kier alpha value is -2.44. The fourth-order valence-electron chi connectivity index (χ4n) is 1.61. The molecule has 7 nitrogen and oxygen atoms in total. The van der Waals surface area contributed by atoms with Gasteiger partial charge in [-0.05, 0) is 13.0 Å². The number of aromatic amines is 1. The van der Waals surface area contributed by atoms with Gasteiger partial charge in [0.15, 0.2) is 5.52 Å². The Morgan fingerprint density at radius 1 is 1.56 bits per heavy atom. The van der Waals surface area contributed by atoms with E-state index < -0.39 is 36.0 Å². The predicted octanol–water partition coefficient (Wildman–Crippen LogP) is 1.48. The summed E-state index contributed by atoms with van der Waals surface area (Å²) < 4.78 is 43.5. The van der Waals surface area contributed by atoms with Crippen molar-refractivity contribution in [2.75, 3.05) is 14.0 Å². The van der Waals surface area contributed by atoms with Gasteiger partial charge >= 0.3 is 0 Å². The maximum Gasteiger partial charge on any atom is 0.297 e. The molecule has 1 heterocycles. The van der Waals surface area contributed by atoms with Crippen LogP contribution in [0.1, 0.15) is 24.4 Å². The number of non-ortho nitro benzene ring substituents is 1. The molecule has 1 amide bonds. The number of nitrogens with zero attached hydrogens (tertiary/aromatic N) is 3. The van der Waals surface area contributed by atoms with E-state index in [4.69, 9.17) is 8.22 Å². The third kappa shape index (κ3) is 1.90. The number of aromatic nitrogens is 2. The van der Waals surface area contributed by atoms with Crippen molar-refractivity contribution < 1.29 is 17.9 Å². The number of nitro groups is 1. The highest BCUT2D eigenvalue weighted by atomic mass is 16.6. The molecule has 0 atom stereocenters. The zero-order valence-electron chi connectivity index (χ0n) is 15.2. The standard InChI is InChI=1S/C11H12N4O3/c1-6-12-8-4-7(11(16)14(2)3)5-9(15(17)18)10(8)13-6/h4-5H,1-3H3,(H,12,13)/i2D3,3D3. The van der Waals surface area contributed by atoms with Gasteiger partial charge in [0, 0.05) is 33.8 Å². The smallest absolute Gasteiger partial charge is 0.297 e. The number of H-pyrrole nitrogens is 1. The fourth-order valence-corrected chi connectivity index (χ4v) is 1.61. The molecule has 0 unspecified atom stereocenters. The molecular weight excluding hydrogens is 236 g/mol. The Morgan fingerprint density at radius 2 is 2.28 bits per heavy atom. The van der Waals surface area contributed by atoms with Crippen molar-refractivity contribution in [3.63, 3.8) is 0 Å². The van der Waals surface area contributed by atoms with Crippen LogP contribution >= 0.6 is 0 Å². The van der Waals surface area contributed by atoms with Gasteiger partial charge in [0.1, 0.15) is 5.82 Å². The van der Waals surface area contributed by atoms with Crippen molar-refractivity contribution in [3.8, 4) is 0 Å². The molecule has 0 aliphatic carbocycles. The Labute approximate surface area is 111 Å². The van der Waals surface area contributed by atoms with Crippen LogP contribution in [0.2, 0.25) is 0 Å². The number of aryl methyl sites for hydroxylation is 1. The molecule has 0 spiro atoms. The van der Waals surface area contributed by atoms with Crippen LogP contribution in [0.3, 0.4) is 0 Å². The van der Waals surface area contributed by atoms with Gasteiger partial charge in [-0.1, -0.05) is 0 Å². The highest BCUT2D eigenvalue weighted by molar-refractivity contribution is 5.99. The molecule has 1 N–H and O–H groups in total. The Kier molecular flexibility index (Phi) is 1.48. The lowest BCUT2D eigenvalue weighted by Gasteiger charge is -2.09. The van der Waals surface area contributed by atoms with Crippen molar-refractivity contribution in [2.24, 2.45) is 0 Å². The summed E-state index contributed by atoms with van der Waals surface area (Å²) >= 11 is 0. The minimum Gasteiger partial charge on any atom is -0.345 e. The zero-order chi connectivity index (χ0) is 18.4. The van der Waals surface area contributed by atoms with Gasteiger partial charge in [-0.15, -0.1) is 0 Å². The first-order valence-corrected chi connectivity index (χ1v) is 4.82. The molecule has 7 heteroatoms. The third-order valence-electron chi connectivity index (χ3n) is 2.33. The van der Waals surface area contributed by atoms with E-state index in [1.165, 1.54) is 0 Å². The second kappa shape index (κ2) is 4.10. The molecular formula is C11H12N4O3. The largest absolute Gasteiger partial charge is 0.345 e. The average molecular weight is 254 g/mol. The van der Waals surface area contributed by atoms with Crippen molar-refractivity contribution in [1.29, 1.82) is 0 Å². The second-order valence-corrected chi connectivity index (χ2v) is 3.61. The van der Waals surface area contributed by atoms with Crippen molar-refractivity contribution in [1.82, 2.24) is 14.9 Å². The van der Waals surface area contributed by atoms with Gasteiger partial charge in [-0.25, -0.2) is 4.98 Å². The number of carbonyl (C=O) groups is 1. The molecule has 0 saturated carbocycles. The summed E-state index contributed by atoms with van der Waals surface area (Å²) in [6, 6.07) is 1.95. The van der Waals surface area contributed by atoms with Crippen LogP contribution in [0.15, 0.2) is 12.1 Å². The zero-order valence-corrected chi connectivity index (χ0v) is 9.22. The first-order valence-electron chi connectivity index (χ1n) is 7.82. The van der Waals surface area contributed by atoms with Crippen molar-refractivity contribution in [3.05, 3.63) is 33.6 Å². The normalized spacial score (nSPS) is 16.9. The number of rotatable bonds is 2. The number of imidazole rings is 1. The van der Waals surface area contributed by atoms with E-state index in [0.29, 0.717) is 5.82 Å². The van der Waals surface area contributed by atoms with Crippen LogP contribution in [-0.2, 0) is 0 Å². The molecule has 0 aliphatic heterocycles. The van der Waals surface area contributed by atoms with E-state index >= 15 is 0 Å². The molecule has 18 heavy (non-hydrogen) atoms. The molecule has 2 aromatic rings. The van der Waals surface area contributed by atoms with Gasteiger partial charge < -0.3 is 9.88 Å². The lowest BCUT2D eigenvalue weighted by atomic mass is 10.1. The molecule has 0 radical (unpaired) electrons. The van der Waals surface area contributed by atoms with Crippen LogP contribution in [0, 0.1) is 17.0 Å². The van der Waals surface area contributed by atoms with E-state index in [9.17, 15) is 14.9 Å². The summed E-state index contributed by atoms with van der Waals surface area (Å²) in [5.41, 5.74) is -0.856. The number of amides is 1. The maximum atomic E-state index is 12.4. The Morgan fingerprint density at radius 3 is 2.89 bits per heavy atom. The van der Waals surface area contributed by atoms with Crippen LogP contribution in [-0.4, -0.2) is 39.7 Å². The topological polar surface area (TPSA) is 92.1 Å². The summed E-state index contributed by atoms with van der Waals surface area (Å²) in [7, 11) is 0. The minimum absolute atomic E-state index is 0.0108. The fraction of sp³-hybridized carbons (Fsp3) is 0.273. The van der Waals surface area contributed by atoms with Gasteiger partial charge in [0.25, 0.3) is 11.6 Å². The molecule has 1 aromatic heterocycles. The van der Waals surface area contributed by atoms with Crippen LogP contribution in [0.5, 0.6) is 0 Å². The number of nitrogens with one attached hydrogen (secondary N) is 1. The van der Waals surface area contributed by atoms with E-state index in [-0.39, 0.29) is 15.9 Å². The second-order valence-electron chi connectivity index (χ2n) is 3.61. The van der Waals surface area contributed by atoms with Crippen LogP contribution in [0.4, 0.5) is 5.69 Å². The number of fused-ring (bicyclic) bond motifs is 1. The predicted molar refractivity (Wildman–Crippen MR) is 65.5 cm³/mol. The average Bonchev–Trinajstić information content (AvgIpc) is 2.73. The summed E-state index contributed by atoms with van der Waals surface area (Å²) in [6.45, 7) is -4.94. The summed E-state index contributed by atoms with van der Waals surface area (Å²) in [5.74, 6) is -1.02. The van der Waals surface area contributed by atoms with E-state index in [2.05, 4.69) is 9.97 Å². The Bertz CT molecular complexity index is 811. The Balaban J connectivity index is 2.66. The SMILES string of the molecule is [2H]C([2H])([2H])N(C(=O)c1cc([N+](=O)[O-])c2nc(C)[nH]c2c1)C([2H])([2H])[2H]. The van der Waals surface area contributed by atoms with Crippen molar-refractivity contribution in [2.45, 2.75) is 6.92 Å². The van der Waals surface area contributed by atoms with Gasteiger partial charge in [0.2, 0.25) is 0 Å². The highest BCUT2D eigenvalue weighted by Crippen LogP contribution is 2.26. The molecule has 0 aliphatic rings. The number of carbonyl (C=O) groups excluding carboxylic acids is 1. The number of hydrogen-bond donors (Lipinski definition) is 1. The van der Waals surface area contributed by atoms with Crippen LogP contribution in [0.25, 0.3) is 11.0 Å². The summed E-state index contributed by atoms with van der Waals surface area (Å²) in [4.78, 5) is 29.2. The number of nitro benzene ring substituents is 1. The van der Waals surface area contributed by atoms with Crippen LogP contribution < -0.4 is 0 Å². The monoisotopic (exact) mass is 254 g/mol. The first kappa shape index (κ1) is 6.48. The first-order chi connectivity index (χ1) is 10.8. The summed E-state index contributed by atoms with van der Waals surface area (Å²) in [6.07, 6.45) is 0. The summed E-state index contributed by atoms with van der Waals surface area (Å²) in [5, 5.41) is 11.2. The quantitative estimate of drug-likeness (QED) is 0.649. The lowest BCUT2D eigenvalue weighted by Crippen LogP contribution is -2.21. The molecule has 1 aromatic carbocycles.